The summed E-state index contributed by atoms with van der Waals surface area (Å²) in [6.45, 7) is 2.59. The van der Waals surface area contributed by atoms with Gasteiger partial charge in [0.25, 0.3) is 0 Å². The largest absolute Gasteiger partial charge is 0.383 e. The number of aryl methyl sites for hydroxylation is 1. The fourth-order valence-electron chi connectivity index (χ4n) is 0.789. The summed E-state index contributed by atoms with van der Waals surface area (Å²) in [5.41, 5.74) is 5.98. The Bertz CT molecular complexity index is 309. The van der Waals surface area contributed by atoms with Gasteiger partial charge in [0.2, 0.25) is 0 Å². The monoisotopic (exact) mass is 214 g/mol. The van der Waals surface area contributed by atoms with Crippen LogP contribution in [-0.4, -0.2) is 9.78 Å². The number of nitrogens with zero attached hydrogens (tertiary/aromatic N) is 3. The highest BCUT2D eigenvalue weighted by Crippen LogP contribution is 2.20. The number of halogens is 1. The lowest BCUT2D eigenvalue weighted by Crippen LogP contribution is -2.02. The van der Waals surface area contributed by atoms with Crippen LogP contribution >= 0.6 is 15.9 Å². The van der Waals surface area contributed by atoms with Crippen LogP contribution in [0.1, 0.15) is 12.5 Å². The van der Waals surface area contributed by atoms with Crippen molar-refractivity contribution >= 4 is 21.7 Å². The van der Waals surface area contributed by atoms with Crippen molar-refractivity contribution in [3.8, 4) is 6.07 Å². The first-order valence-electron chi connectivity index (χ1n) is 3.12. The first-order valence-corrected chi connectivity index (χ1v) is 3.91. The van der Waals surface area contributed by atoms with Gasteiger partial charge in [0, 0.05) is 6.54 Å². The van der Waals surface area contributed by atoms with Gasteiger partial charge in [-0.3, -0.25) is 0 Å². The van der Waals surface area contributed by atoms with Gasteiger partial charge in [-0.1, -0.05) is 0 Å². The molecule has 0 atom stereocenters. The maximum absolute atomic E-state index is 8.59. The number of rotatable bonds is 1. The summed E-state index contributed by atoms with van der Waals surface area (Å²) in [4.78, 5) is 0. The van der Waals surface area contributed by atoms with E-state index in [0.717, 1.165) is 0 Å². The SMILES string of the molecule is CCn1nc(Br)c(C#N)c1N. The number of nitrogens with two attached hydrogens (primary N) is 1. The molecule has 58 valence electrons. The molecule has 1 aromatic heterocycles. The third kappa shape index (κ3) is 1.21. The molecule has 1 aromatic rings. The van der Waals surface area contributed by atoms with Gasteiger partial charge in [0.05, 0.1) is 0 Å². The van der Waals surface area contributed by atoms with Gasteiger partial charge >= 0.3 is 0 Å². The van der Waals surface area contributed by atoms with E-state index in [2.05, 4.69) is 21.0 Å². The van der Waals surface area contributed by atoms with Crippen molar-refractivity contribution in [3.63, 3.8) is 0 Å². The summed E-state index contributed by atoms with van der Waals surface area (Å²) in [5.74, 6) is 0.418. The molecule has 0 aromatic carbocycles. The second kappa shape index (κ2) is 2.93. The minimum atomic E-state index is 0.409. The van der Waals surface area contributed by atoms with Gasteiger partial charge in [-0.15, -0.1) is 0 Å². The Kier molecular flexibility index (Phi) is 2.15. The van der Waals surface area contributed by atoms with Crippen molar-refractivity contribution in [2.75, 3.05) is 5.73 Å². The Hall–Kier alpha value is -1.02. The maximum Gasteiger partial charge on any atom is 0.148 e. The summed E-state index contributed by atoms with van der Waals surface area (Å²) >= 11 is 3.13. The van der Waals surface area contributed by atoms with Crippen LogP contribution in [0.3, 0.4) is 0 Å². The smallest absolute Gasteiger partial charge is 0.148 e. The maximum atomic E-state index is 8.59. The summed E-state index contributed by atoms with van der Waals surface area (Å²) < 4.78 is 2.09. The molecular weight excluding hydrogens is 208 g/mol. The molecule has 0 aliphatic rings. The van der Waals surface area contributed by atoms with Gasteiger partial charge < -0.3 is 5.73 Å². The molecule has 0 aliphatic heterocycles. The molecule has 4 nitrogen and oxygen atoms in total. The predicted molar refractivity (Wildman–Crippen MR) is 44.7 cm³/mol. The van der Waals surface area contributed by atoms with E-state index in [4.69, 9.17) is 11.0 Å². The van der Waals surface area contributed by atoms with E-state index in [-0.39, 0.29) is 0 Å². The molecule has 0 saturated heterocycles. The van der Waals surface area contributed by atoms with Crippen molar-refractivity contribution in [1.82, 2.24) is 9.78 Å². The minimum Gasteiger partial charge on any atom is -0.383 e. The number of hydrogen-bond donors (Lipinski definition) is 1. The van der Waals surface area contributed by atoms with E-state index in [1.807, 2.05) is 13.0 Å². The molecule has 0 spiro atoms. The Balaban J connectivity index is 3.28. The van der Waals surface area contributed by atoms with Gasteiger partial charge in [0.15, 0.2) is 0 Å². The molecule has 0 aliphatic carbocycles. The molecule has 0 fully saturated rings. The third-order valence-electron chi connectivity index (χ3n) is 1.36. The Morgan fingerprint density at radius 3 is 2.73 bits per heavy atom. The Labute approximate surface area is 72.7 Å². The van der Waals surface area contributed by atoms with Gasteiger partial charge in [-0.05, 0) is 22.9 Å². The fourth-order valence-corrected chi connectivity index (χ4v) is 1.27. The zero-order valence-corrected chi connectivity index (χ0v) is 7.59. The van der Waals surface area contributed by atoms with Crippen molar-refractivity contribution < 1.29 is 0 Å². The molecule has 0 radical (unpaired) electrons. The van der Waals surface area contributed by atoms with Crippen molar-refractivity contribution in [2.24, 2.45) is 0 Å². The summed E-state index contributed by atoms with van der Waals surface area (Å²) in [6.07, 6.45) is 0. The topological polar surface area (TPSA) is 67.6 Å². The highest BCUT2D eigenvalue weighted by Gasteiger charge is 2.10. The lowest BCUT2D eigenvalue weighted by Gasteiger charge is -1.95. The average Bonchev–Trinajstić information content (AvgIpc) is 2.26. The first-order chi connectivity index (χ1) is 5.20. The highest BCUT2D eigenvalue weighted by atomic mass is 79.9. The van der Waals surface area contributed by atoms with Crippen LogP contribution in [0.15, 0.2) is 4.60 Å². The molecule has 11 heavy (non-hydrogen) atoms. The number of nitriles is 1. The fraction of sp³-hybridized carbons (Fsp3) is 0.333. The Morgan fingerprint density at radius 2 is 2.45 bits per heavy atom. The van der Waals surface area contributed by atoms with E-state index in [0.29, 0.717) is 22.5 Å². The van der Waals surface area contributed by atoms with Crippen LogP contribution < -0.4 is 5.73 Å². The van der Waals surface area contributed by atoms with Crippen LogP contribution in [0.5, 0.6) is 0 Å². The van der Waals surface area contributed by atoms with Gasteiger partial charge in [-0.2, -0.15) is 10.4 Å². The van der Waals surface area contributed by atoms with Crippen molar-refractivity contribution in [3.05, 3.63) is 10.2 Å². The van der Waals surface area contributed by atoms with E-state index in [9.17, 15) is 0 Å². The van der Waals surface area contributed by atoms with Crippen LogP contribution in [0, 0.1) is 11.3 Å². The van der Waals surface area contributed by atoms with E-state index in [1.165, 1.54) is 0 Å². The van der Waals surface area contributed by atoms with Gasteiger partial charge in [-0.25, -0.2) is 4.68 Å². The zero-order chi connectivity index (χ0) is 8.43. The predicted octanol–water partition coefficient (Wildman–Crippen LogP) is 1.12. The van der Waals surface area contributed by atoms with Crippen molar-refractivity contribution in [1.29, 1.82) is 5.26 Å². The van der Waals surface area contributed by atoms with Crippen LogP contribution in [0.2, 0.25) is 0 Å². The molecule has 1 rings (SSSR count). The third-order valence-corrected chi connectivity index (χ3v) is 1.92. The normalized spacial score (nSPS) is 9.55. The quantitative estimate of drug-likeness (QED) is 0.763. The number of aromatic nitrogens is 2. The highest BCUT2D eigenvalue weighted by molar-refractivity contribution is 9.10. The molecule has 0 amide bonds. The van der Waals surface area contributed by atoms with Crippen LogP contribution in [0.25, 0.3) is 0 Å². The average molecular weight is 215 g/mol. The minimum absolute atomic E-state index is 0.409. The lowest BCUT2D eigenvalue weighted by molar-refractivity contribution is 0.665. The number of nitrogen functional groups attached to an aromatic ring is 1. The van der Waals surface area contributed by atoms with E-state index >= 15 is 0 Å². The van der Waals surface area contributed by atoms with E-state index < -0.39 is 0 Å². The standard InChI is InChI=1S/C6H7BrN4/c1-2-11-6(9)4(3-8)5(7)10-11/h2,9H2,1H3. The van der Waals surface area contributed by atoms with Crippen molar-refractivity contribution in [2.45, 2.75) is 13.5 Å². The Morgan fingerprint density at radius 1 is 1.82 bits per heavy atom. The van der Waals surface area contributed by atoms with Gasteiger partial charge in [0.1, 0.15) is 22.1 Å². The molecule has 2 N–H and O–H groups in total. The second-order valence-corrected chi connectivity index (χ2v) is 2.73. The van der Waals surface area contributed by atoms with E-state index in [1.54, 1.807) is 4.68 Å². The molecule has 0 bridgehead atoms. The first kappa shape index (κ1) is 8.08. The molecule has 0 unspecified atom stereocenters. The molecule has 0 saturated carbocycles. The number of anilines is 1. The molecular formula is C6H7BrN4. The lowest BCUT2D eigenvalue weighted by atomic mass is 10.4. The van der Waals surface area contributed by atoms with Crippen LogP contribution in [0.4, 0.5) is 5.82 Å². The van der Waals surface area contributed by atoms with Crippen LogP contribution in [-0.2, 0) is 6.54 Å². The summed E-state index contributed by atoms with van der Waals surface area (Å²) in [7, 11) is 0. The number of hydrogen-bond acceptors (Lipinski definition) is 3. The molecule has 5 heteroatoms. The summed E-state index contributed by atoms with van der Waals surface area (Å²) in [6, 6.07) is 1.96. The molecule has 1 heterocycles. The summed E-state index contributed by atoms with van der Waals surface area (Å²) in [5, 5.41) is 12.6. The second-order valence-electron chi connectivity index (χ2n) is 1.98. The zero-order valence-electron chi connectivity index (χ0n) is 6.00.